The number of nitrogens with zero attached hydrogens (tertiary/aromatic N) is 2. The molecule has 0 aliphatic carbocycles. The molecule has 0 atom stereocenters. The summed E-state index contributed by atoms with van der Waals surface area (Å²) in [7, 11) is 0. The first-order valence-electron chi connectivity index (χ1n) is 4.72. The number of imidazole rings is 1. The van der Waals surface area contributed by atoms with Gasteiger partial charge >= 0.3 is 0 Å². The Morgan fingerprint density at radius 3 is 2.88 bits per heavy atom. The summed E-state index contributed by atoms with van der Waals surface area (Å²) in [5, 5.41) is 0.343. The molecular formula is C11H8ClN3O. The molecule has 3 rings (SSSR count). The highest BCUT2D eigenvalue weighted by molar-refractivity contribution is 6.28. The molecule has 3 heterocycles. The fourth-order valence-corrected chi connectivity index (χ4v) is 1.77. The average molecular weight is 234 g/mol. The average Bonchev–Trinajstić information content (AvgIpc) is 2.83. The molecule has 0 aliphatic rings. The van der Waals surface area contributed by atoms with Crippen molar-refractivity contribution in [2.75, 3.05) is 5.73 Å². The number of pyridine rings is 1. The zero-order valence-electron chi connectivity index (χ0n) is 8.22. The predicted molar refractivity (Wildman–Crippen MR) is 62.3 cm³/mol. The van der Waals surface area contributed by atoms with E-state index in [2.05, 4.69) is 4.98 Å². The summed E-state index contributed by atoms with van der Waals surface area (Å²) >= 11 is 5.73. The molecule has 5 heteroatoms. The van der Waals surface area contributed by atoms with Gasteiger partial charge in [-0.1, -0.05) is 0 Å². The fourth-order valence-electron chi connectivity index (χ4n) is 1.62. The van der Waals surface area contributed by atoms with E-state index in [0.717, 1.165) is 5.52 Å². The summed E-state index contributed by atoms with van der Waals surface area (Å²) in [6.45, 7) is 0. The molecular weight excluding hydrogens is 226 g/mol. The van der Waals surface area contributed by atoms with Gasteiger partial charge in [-0.3, -0.25) is 4.40 Å². The van der Waals surface area contributed by atoms with Crippen LogP contribution in [-0.2, 0) is 0 Å². The lowest BCUT2D eigenvalue weighted by atomic mass is 10.3. The fraction of sp³-hybridized carbons (Fsp3) is 0. The van der Waals surface area contributed by atoms with Crippen molar-refractivity contribution in [1.82, 2.24) is 9.38 Å². The number of nitrogen functional groups attached to an aromatic ring is 1. The first kappa shape index (κ1) is 9.30. The zero-order valence-corrected chi connectivity index (χ0v) is 8.98. The molecule has 16 heavy (non-hydrogen) atoms. The number of furan rings is 1. The van der Waals surface area contributed by atoms with Crippen molar-refractivity contribution < 1.29 is 4.42 Å². The van der Waals surface area contributed by atoms with E-state index >= 15 is 0 Å². The van der Waals surface area contributed by atoms with Gasteiger partial charge in [-0.05, 0) is 35.9 Å². The lowest BCUT2D eigenvalue weighted by Crippen LogP contribution is -1.91. The Hall–Kier alpha value is -1.94. The van der Waals surface area contributed by atoms with E-state index in [1.807, 2.05) is 16.5 Å². The van der Waals surface area contributed by atoms with Crippen molar-refractivity contribution in [3.63, 3.8) is 0 Å². The summed E-state index contributed by atoms with van der Waals surface area (Å²) < 4.78 is 7.18. The highest BCUT2D eigenvalue weighted by atomic mass is 35.5. The number of halogens is 1. The Morgan fingerprint density at radius 1 is 1.25 bits per heavy atom. The molecule has 0 amide bonds. The molecule has 0 saturated heterocycles. The Balaban J connectivity index is 2.27. The predicted octanol–water partition coefficient (Wildman–Crippen LogP) is 2.83. The molecule has 0 fully saturated rings. The summed E-state index contributed by atoms with van der Waals surface area (Å²) in [6, 6.07) is 7.19. The molecule has 0 saturated carbocycles. The Labute approximate surface area is 96.3 Å². The topological polar surface area (TPSA) is 56.5 Å². The van der Waals surface area contributed by atoms with Crippen LogP contribution in [0.15, 0.2) is 41.1 Å². The molecule has 4 nitrogen and oxygen atoms in total. The van der Waals surface area contributed by atoms with Gasteiger partial charge in [0.25, 0.3) is 0 Å². The Kier molecular flexibility index (Phi) is 1.91. The van der Waals surface area contributed by atoms with Gasteiger partial charge in [-0.2, -0.15) is 0 Å². The second-order valence-electron chi connectivity index (χ2n) is 3.44. The van der Waals surface area contributed by atoms with Crippen LogP contribution in [0.4, 0.5) is 5.69 Å². The maximum atomic E-state index is 5.73. The second-order valence-corrected chi connectivity index (χ2v) is 3.82. The highest BCUT2D eigenvalue weighted by Crippen LogP contribution is 2.25. The smallest absolute Gasteiger partial charge is 0.194 e. The van der Waals surface area contributed by atoms with E-state index in [1.54, 1.807) is 24.5 Å². The van der Waals surface area contributed by atoms with Gasteiger partial charge in [-0.15, -0.1) is 0 Å². The maximum absolute atomic E-state index is 5.73. The molecule has 0 unspecified atom stereocenters. The van der Waals surface area contributed by atoms with E-state index in [4.69, 9.17) is 21.8 Å². The number of aromatic nitrogens is 2. The number of anilines is 1. The van der Waals surface area contributed by atoms with E-state index in [0.29, 0.717) is 22.5 Å². The quantitative estimate of drug-likeness (QED) is 0.703. The van der Waals surface area contributed by atoms with Crippen molar-refractivity contribution in [1.29, 1.82) is 0 Å². The highest BCUT2D eigenvalue weighted by Gasteiger charge is 2.10. The summed E-state index contributed by atoms with van der Waals surface area (Å²) in [5.74, 6) is 1.31. The molecule has 0 bridgehead atoms. The third-order valence-corrected chi connectivity index (χ3v) is 2.55. The number of rotatable bonds is 1. The monoisotopic (exact) mass is 233 g/mol. The van der Waals surface area contributed by atoms with Gasteiger partial charge in [-0.25, -0.2) is 4.98 Å². The van der Waals surface area contributed by atoms with Crippen LogP contribution in [0.5, 0.6) is 0 Å². The van der Waals surface area contributed by atoms with Crippen LogP contribution in [0.3, 0.4) is 0 Å². The van der Waals surface area contributed by atoms with Crippen LogP contribution in [-0.4, -0.2) is 9.38 Å². The summed E-state index contributed by atoms with van der Waals surface area (Å²) in [6.07, 6.45) is 3.55. The lowest BCUT2D eigenvalue weighted by molar-refractivity contribution is 0.579. The van der Waals surface area contributed by atoms with Crippen LogP contribution < -0.4 is 5.73 Å². The summed E-state index contributed by atoms with van der Waals surface area (Å²) in [4.78, 5) is 4.28. The van der Waals surface area contributed by atoms with E-state index in [-0.39, 0.29) is 0 Å². The van der Waals surface area contributed by atoms with Crippen molar-refractivity contribution in [2.24, 2.45) is 0 Å². The molecule has 3 aromatic rings. The van der Waals surface area contributed by atoms with E-state index in [9.17, 15) is 0 Å². The van der Waals surface area contributed by atoms with Crippen LogP contribution in [0.2, 0.25) is 5.22 Å². The van der Waals surface area contributed by atoms with Crippen LogP contribution >= 0.6 is 11.6 Å². The third kappa shape index (κ3) is 1.35. The molecule has 0 spiro atoms. The molecule has 0 radical (unpaired) electrons. The summed E-state index contributed by atoms with van der Waals surface area (Å²) in [5.41, 5.74) is 7.36. The van der Waals surface area contributed by atoms with Crippen molar-refractivity contribution in [3.05, 3.63) is 41.9 Å². The van der Waals surface area contributed by atoms with Crippen molar-refractivity contribution in [3.8, 4) is 11.6 Å². The minimum Gasteiger partial charge on any atom is -0.441 e. The standard InChI is InChI=1S/C11H8ClN3O/c12-10-4-3-9(16-10)11-14-5-8-2-1-7(13)6-15(8)11/h1-6H,13H2. The minimum atomic E-state index is 0.343. The van der Waals surface area contributed by atoms with Crippen LogP contribution in [0.1, 0.15) is 0 Å². The molecule has 2 N–H and O–H groups in total. The zero-order chi connectivity index (χ0) is 11.1. The second kappa shape index (κ2) is 3.28. The van der Waals surface area contributed by atoms with Crippen molar-refractivity contribution in [2.45, 2.75) is 0 Å². The van der Waals surface area contributed by atoms with Gasteiger partial charge in [0.1, 0.15) is 0 Å². The molecule has 80 valence electrons. The van der Waals surface area contributed by atoms with Crippen LogP contribution in [0, 0.1) is 0 Å². The SMILES string of the molecule is Nc1ccc2cnc(-c3ccc(Cl)o3)n2c1. The third-order valence-electron chi connectivity index (χ3n) is 2.34. The van der Waals surface area contributed by atoms with Crippen LogP contribution in [0.25, 0.3) is 17.1 Å². The van der Waals surface area contributed by atoms with Gasteiger partial charge in [0.2, 0.25) is 0 Å². The normalized spacial score (nSPS) is 11.1. The van der Waals surface area contributed by atoms with Gasteiger partial charge < -0.3 is 10.2 Å². The Morgan fingerprint density at radius 2 is 2.12 bits per heavy atom. The first-order chi connectivity index (χ1) is 7.74. The maximum Gasteiger partial charge on any atom is 0.194 e. The molecule has 3 aromatic heterocycles. The molecule has 0 aromatic carbocycles. The number of hydrogen-bond acceptors (Lipinski definition) is 3. The van der Waals surface area contributed by atoms with Crippen molar-refractivity contribution >= 4 is 22.8 Å². The minimum absolute atomic E-state index is 0.343. The number of fused-ring (bicyclic) bond motifs is 1. The molecule has 0 aliphatic heterocycles. The first-order valence-corrected chi connectivity index (χ1v) is 5.10. The Bertz CT molecular complexity index is 656. The lowest BCUT2D eigenvalue weighted by Gasteiger charge is -1.99. The van der Waals surface area contributed by atoms with Gasteiger partial charge in [0.15, 0.2) is 16.8 Å². The van der Waals surface area contributed by atoms with Gasteiger partial charge in [0.05, 0.1) is 11.7 Å². The van der Waals surface area contributed by atoms with E-state index in [1.165, 1.54) is 0 Å². The number of hydrogen-bond donors (Lipinski definition) is 1. The van der Waals surface area contributed by atoms with E-state index < -0.39 is 0 Å². The number of nitrogens with two attached hydrogens (primary N) is 1. The largest absolute Gasteiger partial charge is 0.441 e. The van der Waals surface area contributed by atoms with Gasteiger partial charge in [0, 0.05) is 11.9 Å².